The van der Waals surface area contributed by atoms with E-state index in [1.165, 1.54) is 53.6 Å². The fourth-order valence-corrected chi connectivity index (χ4v) is 4.87. The Kier molecular flexibility index (Phi) is 11.2. The van der Waals surface area contributed by atoms with Gasteiger partial charge in [0, 0.05) is 5.56 Å². The van der Waals surface area contributed by atoms with Crippen LogP contribution in [0.1, 0.15) is 49.8 Å². The fraction of sp³-hybridized carbons (Fsp3) is 0.175. The molecule has 0 aromatic heterocycles. The number of aryl methyl sites for hydroxylation is 2. The maximum atomic E-state index is 13.9. The van der Waals surface area contributed by atoms with Gasteiger partial charge in [-0.2, -0.15) is 0 Å². The van der Waals surface area contributed by atoms with Gasteiger partial charge in [0.25, 0.3) is 0 Å². The third-order valence-corrected chi connectivity index (χ3v) is 7.50. The predicted molar refractivity (Wildman–Crippen MR) is 179 cm³/mol. The second-order valence-corrected chi connectivity index (χ2v) is 10.5. The molecule has 0 aliphatic carbocycles. The van der Waals surface area contributed by atoms with Gasteiger partial charge in [0.1, 0.15) is 5.69 Å². The third-order valence-electron chi connectivity index (χ3n) is 7.50. The first kappa shape index (κ1) is 31.1. The number of hydrogen-bond acceptors (Lipinski definition) is 1. The minimum atomic E-state index is -0.706. The van der Waals surface area contributed by atoms with E-state index in [9.17, 15) is 8.78 Å². The van der Waals surface area contributed by atoms with Gasteiger partial charge in [-0.05, 0) is 94.8 Å². The summed E-state index contributed by atoms with van der Waals surface area (Å²) >= 11 is 0. The first-order valence-corrected chi connectivity index (χ1v) is 14.8. The van der Waals surface area contributed by atoms with Crippen LogP contribution in [0.15, 0.2) is 114 Å². The Morgan fingerprint density at radius 1 is 0.605 bits per heavy atom. The molecule has 0 fully saturated rings. The molecule has 5 rings (SSSR count). The third kappa shape index (κ3) is 8.37. The van der Waals surface area contributed by atoms with Gasteiger partial charge in [-0.15, -0.1) is 6.42 Å². The predicted octanol–water partition coefficient (Wildman–Crippen LogP) is 11.3. The van der Waals surface area contributed by atoms with E-state index in [0.717, 1.165) is 35.1 Å². The Hall–Kier alpha value is -4.81. The smallest absolute Gasteiger partial charge is 0.152 e. The lowest BCUT2D eigenvalue weighted by Gasteiger charge is -2.08. The highest BCUT2D eigenvalue weighted by Gasteiger charge is 2.11. The highest BCUT2D eigenvalue weighted by molar-refractivity contribution is 5.72. The van der Waals surface area contributed by atoms with Crippen LogP contribution in [0.25, 0.3) is 33.4 Å². The summed E-state index contributed by atoms with van der Waals surface area (Å²) < 4.78 is 27.8. The molecule has 0 heterocycles. The molecule has 0 aliphatic rings. The van der Waals surface area contributed by atoms with Crippen LogP contribution in [-0.2, 0) is 12.8 Å². The van der Waals surface area contributed by atoms with Crippen LogP contribution in [0.4, 0.5) is 14.5 Å². The van der Waals surface area contributed by atoms with E-state index in [4.69, 9.17) is 6.42 Å². The molecule has 43 heavy (non-hydrogen) atoms. The summed E-state index contributed by atoms with van der Waals surface area (Å²) in [7, 11) is 0. The molecule has 0 saturated heterocycles. The minimum Gasteiger partial charge on any atom is -0.258 e. The van der Waals surface area contributed by atoms with E-state index in [1.54, 1.807) is 0 Å². The molecule has 0 atom stereocenters. The van der Waals surface area contributed by atoms with Gasteiger partial charge >= 0.3 is 0 Å². The van der Waals surface area contributed by atoms with Crippen molar-refractivity contribution in [2.75, 3.05) is 0 Å². The van der Waals surface area contributed by atoms with Crippen LogP contribution in [0.5, 0.6) is 0 Å². The molecule has 3 heteroatoms. The molecule has 5 aromatic rings. The summed E-state index contributed by atoms with van der Waals surface area (Å²) in [4.78, 5) is 3.39. The molecule has 216 valence electrons. The first-order chi connectivity index (χ1) is 20.9. The van der Waals surface area contributed by atoms with Gasteiger partial charge in [0.2, 0.25) is 0 Å². The van der Waals surface area contributed by atoms with E-state index in [1.807, 2.05) is 36.4 Å². The van der Waals surface area contributed by atoms with E-state index >= 15 is 0 Å². The Labute approximate surface area is 255 Å². The van der Waals surface area contributed by atoms with Crippen molar-refractivity contribution < 1.29 is 8.78 Å². The molecule has 0 unspecified atom stereocenters. The monoisotopic (exact) mass is 569 g/mol. The molecule has 1 nitrogen and oxygen atoms in total. The molecule has 0 aliphatic heterocycles. The Morgan fingerprint density at radius 3 is 1.44 bits per heavy atom. The topological polar surface area (TPSA) is 12.4 Å². The van der Waals surface area contributed by atoms with E-state index in [0.29, 0.717) is 5.56 Å². The number of terminal acetylenes is 1. The summed E-state index contributed by atoms with van der Waals surface area (Å²) in [5, 5.41) is 0. The average molecular weight is 570 g/mol. The molecule has 0 bridgehead atoms. The van der Waals surface area contributed by atoms with Crippen molar-refractivity contribution >= 4 is 12.4 Å². The molecule has 0 radical (unpaired) electrons. The second kappa shape index (κ2) is 15.4. The zero-order chi connectivity index (χ0) is 30.6. The standard InChI is InChI=1S/C24H23F2N.C16H14/c1-3-4-5-6-17-7-9-18(10-8-17)19-11-13-20(14-12-19)21-15-22(25)24(27-2)23(26)16-21;1-3-13-5-9-15(10-6-13)16-11-7-14(4-2)8-12-16/h7-16H,2-6H2,1H3;1,5-12H,4H2,2H3. The van der Waals surface area contributed by atoms with Crippen molar-refractivity contribution in [1.29, 1.82) is 0 Å². The van der Waals surface area contributed by atoms with Crippen molar-refractivity contribution in [3.8, 4) is 45.7 Å². The number of rotatable bonds is 9. The second-order valence-electron chi connectivity index (χ2n) is 10.5. The molecule has 0 saturated carbocycles. The molecule has 0 N–H and O–H groups in total. The number of halogens is 2. The fourth-order valence-electron chi connectivity index (χ4n) is 4.87. The number of unbranched alkanes of at least 4 members (excludes halogenated alkanes) is 2. The van der Waals surface area contributed by atoms with Crippen LogP contribution in [0, 0.1) is 24.0 Å². The van der Waals surface area contributed by atoms with Gasteiger partial charge in [0.05, 0.1) is 0 Å². The minimum absolute atomic E-state index is 0.339. The SMILES string of the molecule is C#Cc1ccc(-c2ccc(CC)cc2)cc1.C=Nc1c(F)cc(-c2ccc(-c3ccc(CCCCC)cc3)cc2)cc1F. The number of nitrogens with zero attached hydrogens (tertiary/aromatic N) is 1. The van der Waals surface area contributed by atoms with E-state index in [2.05, 4.69) is 92.1 Å². The molecule has 0 spiro atoms. The van der Waals surface area contributed by atoms with Gasteiger partial charge in [-0.25, -0.2) is 8.78 Å². The highest BCUT2D eigenvalue weighted by atomic mass is 19.1. The Bertz CT molecular complexity index is 1640. The zero-order valence-corrected chi connectivity index (χ0v) is 24.9. The van der Waals surface area contributed by atoms with Crippen molar-refractivity contribution in [1.82, 2.24) is 0 Å². The number of benzene rings is 5. The van der Waals surface area contributed by atoms with Crippen molar-refractivity contribution in [3.05, 3.63) is 138 Å². The zero-order valence-electron chi connectivity index (χ0n) is 24.9. The number of aliphatic imine (C=N–C) groups is 1. The summed E-state index contributed by atoms with van der Waals surface area (Å²) in [6, 6.07) is 35.6. The number of hydrogen-bond donors (Lipinski definition) is 0. The van der Waals surface area contributed by atoms with Crippen LogP contribution in [0.3, 0.4) is 0 Å². The van der Waals surface area contributed by atoms with E-state index in [-0.39, 0.29) is 5.69 Å². The van der Waals surface area contributed by atoms with Crippen LogP contribution in [0.2, 0.25) is 0 Å². The quantitative estimate of drug-likeness (QED) is 0.0951. The maximum Gasteiger partial charge on any atom is 0.152 e. The Balaban J connectivity index is 0.000000225. The summed E-state index contributed by atoms with van der Waals surface area (Å²) in [5.41, 5.74) is 9.19. The van der Waals surface area contributed by atoms with Gasteiger partial charge in [-0.3, -0.25) is 4.99 Å². The van der Waals surface area contributed by atoms with Crippen molar-refractivity contribution in [2.45, 2.75) is 46.0 Å². The molecular formula is C40H37F2N. The maximum absolute atomic E-state index is 13.9. The lowest BCUT2D eigenvalue weighted by atomic mass is 9.98. The lowest BCUT2D eigenvalue weighted by Crippen LogP contribution is -1.88. The van der Waals surface area contributed by atoms with Crippen LogP contribution >= 0.6 is 0 Å². The molecule has 0 amide bonds. The molecular weight excluding hydrogens is 532 g/mol. The van der Waals surface area contributed by atoms with Gasteiger partial charge in [0.15, 0.2) is 11.6 Å². The van der Waals surface area contributed by atoms with Crippen molar-refractivity contribution in [3.63, 3.8) is 0 Å². The van der Waals surface area contributed by atoms with Gasteiger partial charge in [-0.1, -0.05) is 118 Å². The molecule has 5 aromatic carbocycles. The summed E-state index contributed by atoms with van der Waals surface area (Å²) in [6.45, 7) is 7.57. The Morgan fingerprint density at radius 2 is 1.02 bits per heavy atom. The summed E-state index contributed by atoms with van der Waals surface area (Å²) in [6.07, 6.45) is 11.2. The largest absolute Gasteiger partial charge is 0.258 e. The highest BCUT2D eigenvalue weighted by Crippen LogP contribution is 2.30. The summed E-state index contributed by atoms with van der Waals surface area (Å²) in [5.74, 6) is 1.21. The van der Waals surface area contributed by atoms with Crippen LogP contribution in [-0.4, -0.2) is 6.72 Å². The normalized spacial score (nSPS) is 10.4. The average Bonchev–Trinajstić information content (AvgIpc) is 3.05. The van der Waals surface area contributed by atoms with Crippen LogP contribution < -0.4 is 0 Å². The van der Waals surface area contributed by atoms with E-state index < -0.39 is 11.6 Å². The lowest BCUT2D eigenvalue weighted by molar-refractivity contribution is 0.588. The van der Waals surface area contributed by atoms with Gasteiger partial charge < -0.3 is 0 Å². The van der Waals surface area contributed by atoms with Crippen molar-refractivity contribution in [2.24, 2.45) is 4.99 Å². The first-order valence-electron chi connectivity index (χ1n) is 14.8.